The van der Waals surface area contributed by atoms with Gasteiger partial charge in [-0.3, -0.25) is 4.79 Å². The van der Waals surface area contributed by atoms with Crippen LogP contribution in [-0.4, -0.2) is 39.6 Å². The third-order valence-electron chi connectivity index (χ3n) is 5.80. The fourth-order valence-electron chi connectivity index (χ4n) is 4.33. The monoisotopic (exact) mass is 409 g/mol. The highest BCUT2D eigenvalue weighted by molar-refractivity contribution is 8.00. The van der Waals surface area contributed by atoms with Crippen molar-refractivity contribution in [2.24, 2.45) is 11.8 Å². The van der Waals surface area contributed by atoms with Crippen LogP contribution in [0.3, 0.4) is 0 Å². The number of halogens is 3. The molecule has 4 nitrogen and oxygen atoms in total. The summed E-state index contributed by atoms with van der Waals surface area (Å²) in [5, 5.41) is 0.748. The molecule has 0 N–H and O–H groups in total. The van der Waals surface area contributed by atoms with Crippen molar-refractivity contribution in [2.45, 2.75) is 43.3 Å². The molecule has 2 atom stereocenters. The number of likely N-dealkylation sites (tertiary alicyclic amines) is 1. The number of benzene rings is 1. The van der Waals surface area contributed by atoms with E-state index in [4.69, 9.17) is 0 Å². The van der Waals surface area contributed by atoms with Crippen molar-refractivity contribution in [3.05, 3.63) is 30.1 Å². The lowest BCUT2D eigenvalue weighted by molar-refractivity contribution is -0.145. The third-order valence-corrected chi connectivity index (χ3v) is 6.77. The lowest BCUT2D eigenvalue weighted by Gasteiger charge is -2.41. The van der Waals surface area contributed by atoms with Crippen LogP contribution in [0.5, 0.6) is 0 Å². The normalized spacial score (nSPS) is 22.9. The van der Waals surface area contributed by atoms with Gasteiger partial charge in [0.1, 0.15) is 5.03 Å². The molecular weight excluding hydrogens is 387 g/mol. The lowest BCUT2D eigenvalue weighted by Crippen LogP contribution is -2.45. The van der Waals surface area contributed by atoms with Crippen LogP contribution in [0.1, 0.15) is 37.9 Å². The second kappa shape index (κ2) is 7.89. The first-order valence-electron chi connectivity index (χ1n) is 9.66. The Bertz CT molecular complexity index is 873. The Kier molecular flexibility index (Phi) is 5.49. The highest BCUT2D eigenvalue weighted by atomic mass is 32.2. The molecule has 1 aliphatic heterocycles. The van der Waals surface area contributed by atoms with E-state index in [-0.39, 0.29) is 22.2 Å². The molecule has 2 aromatic rings. The highest BCUT2D eigenvalue weighted by Crippen LogP contribution is 2.37. The number of carbonyl (C=O) groups is 1. The maximum Gasteiger partial charge on any atom is 0.451 e. The number of hydrogen-bond donors (Lipinski definition) is 0. The SMILES string of the molecule is O=C(CSc1nc(C(F)(F)F)nc2ccccc12)N1CC[C@@H]2CCCC[C@H]2C1. The van der Waals surface area contributed by atoms with Crippen molar-refractivity contribution < 1.29 is 18.0 Å². The smallest absolute Gasteiger partial charge is 0.342 e. The number of alkyl halides is 3. The molecule has 2 fully saturated rings. The van der Waals surface area contributed by atoms with Crippen LogP contribution in [0, 0.1) is 11.8 Å². The summed E-state index contributed by atoms with van der Waals surface area (Å²) in [7, 11) is 0. The molecule has 0 unspecified atom stereocenters. The summed E-state index contributed by atoms with van der Waals surface area (Å²) in [6.07, 6.45) is 1.36. The minimum Gasteiger partial charge on any atom is -0.342 e. The van der Waals surface area contributed by atoms with E-state index in [9.17, 15) is 18.0 Å². The summed E-state index contributed by atoms with van der Waals surface area (Å²) < 4.78 is 39.4. The summed E-state index contributed by atoms with van der Waals surface area (Å²) in [4.78, 5) is 21.9. The van der Waals surface area contributed by atoms with Crippen molar-refractivity contribution in [2.75, 3.05) is 18.8 Å². The van der Waals surface area contributed by atoms with Crippen LogP contribution >= 0.6 is 11.8 Å². The Morgan fingerprint density at radius 1 is 1.11 bits per heavy atom. The number of para-hydroxylation sites is 1. The second-order valence-electron chi connectivity index (χ2n) is 7.59. The van der Waals surface area contributed by atoms with Crippen LogP contribution in [-0.2, 0) is 11.0 Å². The van der Waals surface area contributed by atoms with Crippen LogP contribution < -0.4 is 0 Å². The van der Waals surface area contributed by atoms with Gasteiger partial charge in [0.05, 0.1) is 11.3 Å². The van der Waals surface area contributed by atoms with Gasteiger partial charge in [-0.25, -0.2) is 9.97 Å². The predicted octanol–water partition coefficient (Wildman–Crippen LogP) is 4.78. The molecule has 0 bridgehead atoms. The maximum atomic E-state index is 13.1. The number of amides is 1. The van der Waals surface area contributed by atoms with Gasteiger partial charge >= 0.3 is 6.18 Å². The number of thioether (sulfide) groups is 1. The van der Waals surface area contributed by atoms with E-state index in [1.807, 2.05) is 4.90 Å². The van der Waals surface area contributed by atoms with Crippen molar-refractivity contribution in [3.63, 3.8) is 0 Å². The van der Waals surface area contributed by atoms with Crippen molar-refractivity contribution in [3.8, 4) is 0 Å². The van der Waals surface area contributed by atoms with E-state index in [1.165, 1.54) is 31.7 Å². The molecule has 28 heavy (non-hydrogen) atoms. The summed E-state index contributed by atoms with van der Waals surface area (Å²) in [6.45, 7) is 1.53. The highest BCUT2D eigenvalue weighted by Gasteiger charge is 2.36. The molecule has 150 valence electrons. The van der Waals surface area contributed by atoms with Crippen LogP contribution in [0.4, 0.5) is 13.2 Å². The van der Waals surface area contributed by atoms with Crippen LogP contribution in [0.15, 0.2) is 29.3 Å². The molecule has 1 saturated heterocycles. The maximum absolute atomic E-state index is 13.1. The quantitative estimate of drug-likeness (QED) is 0.541. The average Bonchev–Trinajstić information content (AvgIpc) is 2.70. The molecular formula is C20H22F3N3OS. The van der Waals surface area contributed by atoms with E-state index in [0.717, 1.165) is 37.2 Å². The standard InChI is InChI=1S/C20H22F3N3OS/c21-20(22,23)19-24-16-8-4-3-7-15(16)18(25-19)28-12-17(27)26-10-9-13-5-1-2-6-14(13)11-26/h3-4,7-8,13-14H,1-2,5-6,9-12H2/t13-,14-/m0/s1. The minimum atomic E-state index is -4.62. The predicted molar refractivity (Wildman–Crippen MR) is 102 cm³/mol. The fraction of sp³-hybridized carbons (Fsp3) is 0.550. The van der Waals surface area contributed by atoms with E-state index in [1.54, 1.807) is 18.2 Å². The largest absolute Gasteiger partial charge is 0.451 e. The van der Waals surface area contributed by atoms with Gasteiger partial charge in [-0.15, -0.1) is 0 Å². The number of rotatable bonds is 3. The van der Waals surface area contributed by atoms with E-state index >= 15 is 0 Å². The molecule has 4 rings (SSSR count). The molecule has 1 aromatic heterocycles. The zero-order valence-electron chi connectivity index (χ0n) is 15.4. The Hall–Kier alpha value is -1.83. The first-order valence-corrected chi connectivity index (χ1v) is 10.6. The van der Waals surface area contributed by atoms with Gasteiger partial charge in [0, 0.05) is 18.5 Å². The second-order valence-corrected chi connectivity index (χ2v) is 8.55. The zero-order chi connectivity index (χ0) is 19.7. The summed E-state index contributed by atoms with van der Waals surface area (Å²) in [5.41, 5.74) is 0.239. The van der Waals surface area contributed by atoms with Gasteiger partial charge in [-0.1, -0.05) is 49.2 Å². The van der Waals surface area contributed by atoms with E-state index < -0.39 is 12.0 Å². The molecule has 1 aromatic carbocycles. The first kappa shape index (κ1) is 19.5. The third kappa shape index (κ3) is 4.11. The summed E-state index contributed by atoms with van der Waals surface area (Å²) >= 11 is 1.07. The molecule has 2 aliphatic rings. The number of fused-ring (bicyclic) bond motifs is 2. The van der Waals surface area contributed by atoms with Gasteiger partial charge in [-0.05, 0) is 30.7 Å². The number of aromatic nitrogens is 2. The molecule has 0 spiro atoms. The van der Waals surface area contributed by atoms with Gasteiger partial charge in [0.25, 0.3) is 0 Å². The molecule has 1 saturated carbocycles. The minimum absolute atomic E-state index is 0.0229. The van der Waals surface area contributed by atoms with Gasteiger partial charge in [0.15, 0.2) is 0 Å². The molecule has 8 heteroatoms. The zero-order valence-corrected chi connectivity index (χ0v) is 16.2. The van der Waals surface area contributed by atoms with Gasteiger partial charge in [0.2, 0.25) is 11.7 Å². The Morgan fingerprint density at radius 2 is 1.86 bits per heavy atom. The van der Waals surface area contributed by atoms with Gasteiger partial charge in [-0.2, -0.15) is 13.2 Å². The topological polar surface area (TPSA) is 46.1 Å². The summed E-state index contributed by atoms with van der Waals surface area (Å²) in [5.74, 6) is 0.212. The van der Waals surface area contributed by atoms with E-state index in [0.29, 0.717) is 11.3 Å². The Balaban J connectivity index is 1.48. The van der Waals surface area contributed by atoms with Crippen LogP contribution in [0.2, 0.25) is 0 Å². The first-order chi connectivity index (χ1) is 13.4. The number of hydrogen-bond acceptors (Lipinski definition) is 4. The summed E-state index contributed by atoms with van der Waals surface area (Å²) in [6, 6.07) is 6.60. The average molecular weight is 409 g/mol. The number of nitrogens with zero attached hydrogens (tertiary/aromatic N) is 3. The molecule has 1 aliphatic carbocycles. The molecule has 1 amide bonds. The number of carbonyl (C=O) groups excluding carboxylic acids is 1. The number of piperidine rings is 1. The molecule has 2 heterocycles. The van der Waals surface area contributed by atoms with Crippen molar-refractivity contribution in [1.82, 2.24) is 14.9 Å². The van der Waals surface area contributed by atoms with Crippen molar-refractivity contribution in [1.29, 1.82) is 0 Å². The Morgan fingerprint density at radius 3 is 2.64 bits per heavy atom. The van der Waals surface area contributed by atoms with Crippen LogP contribution in [0.25, 0.3) is 10.9 Å². The Labute approximate surface area is 165 Å². The van der Waals surface area contributed by atoms with Gasteiger partial charge < -0.3 is 4.90 Å². The van der Waals surface area contributed by atoms with Crippen molar-refractivity contribution >= 4 is 28.6 Å². The lowest BCUT2D eigenvalue weighted by atomic mass is 9.75. The van der Waals surface area contributed by atoms with E-state index in [2.05, 4.69) is 9.97 Å². The molecule has 0 radical (unpaired) electrons. The fourth-order valence-corrected chi connectivity index (χ4v) is 5.25.